The summed E-state index contributed by atoms with van der Waals surface area (Å²) in [5.41, 5.74) is 7.71. The van der Waals surface area contributed by atoms with Crippen molar-refractivity contribution in [1.82, 2.24) is 9.97 Å². The fraction of sp³-hybridized carbons (Fsp3) is 0.200. The monoisotopic (exact) mass is 332 g/mol. The van der Waals surface area contributed by atoms with Crippen LogP contribution in [0.2, 0.25) is 0 Å². The molecule has 0 atom stereocenters. The predicted octanol–water partition coefficient (Wildman–Crippen LogP) is 4.04. The Bertz CT molecular complexity index is 781. The smallest absolute Gasteiger partial charge is 0.185 e. The number of phenolic OH excluding ortho intramolecular Hbond substituents is 1. The average Bonchev–Trinajstić information content (AvgIpc) is 3.11. The Morgan fingerprint density at radius 2 is 2.18 bits per heavy atom. The highest BCUT2D eigenvalue weighted by Crippen LogP contribution is 2.38. The minimum Gasteiger partial charge on any atom is -0.508 e. The van der Waals surface area contributed by atoms with Crippen molar-refractivity contribution < 1.29 is 5.11 Å². The standard InChI is InChI=1S/C15H16N4OS2/c1-2-6-17-15-19-13(16)12(22-15)14-18-11(8-21-14)9-4-3-5-10(20)7-9/h3-5,7-8,20H,2,6,16H2,1H3,(H,17,19). The molecule has 2 aromatic heterocycles. The summed E-state index contributed by atoms with van der Waals surface area (Å²) in [6, 6.07) is 7.06. The fourth-order valence-corrected chi connectivity index (χ4v) is 3.81. The highest BCUT2D eigenvalue weighted by molar-refractivity contribution is 7.23. The second-order valence-corrected chi connectivity index (χ2v) is 6.61. The summed E-state index contributed by atoms with van der Waals surface area (Å²) in [7, 11) is 0. The number of anilines is 2. The van der Waals surface area contributed by atoms with E-state index in [1.807, 2.05) is 11.4 Å². The van der Waals surface area contributed by atoms with Crippen molar-refractivity contribution in [2.24, 2.45) is 0 Å². The zero-order valence-electron chi connectivity index (χ0n) is 12.0. The van der Waals surface area contributed by atoms with E-state index >= 15 is 0 Å². The van der Waals surface area contributed by atoms with Crippen molar-refractivity contribution in [1.29, 1.82) is 0 Å². The Morgan fingerprint density at radius 1 is 1.32 bits per heavy atom. The highest BCUT2D eigenvalue weighted by Gasteiger charge is 2.14. The van der Waals surface area contributed by atoms with Crippen LogP contribution in [-0.4, -0.2) is 21.6 Å². The van der Waals surface area contributed by atoms with E-state index < -0.39 is 0 Å². The molecule has 0 amide bonds. The Kier molecular flexibility index (Phi) is 4.26. The van der Waals surface area contributed by atoms with E-state index in [2.05, 4.69) is 22.2 Å². The molecule has 0 unspecified atom stereocenters. The lowest BCUT2D eigenvalue weighted by molar-refractivity contribution is 0.475. The zero-order valence-corrected chi connectivity index (χ0v) is 13.7. The van der Waals surface area contributed by atoms with Crippen molar-refractivity contribution in [3.05, 3.63) is 29.6 Å². The van der Waals surface area contributed by atoms with Gasteiger partial charge in [0.05, 0.1) is 5.69 Å². The number of aromatic nitrogens is 2. The minimum atomic E-state index is 0.232. The van der Waals surface area contributed by atoms with Crippen LogP contribution in [0.4, 0.5) is 10.9 Å². The van der Waals surface area contributed by atoms with Crippen LogP contribution in [0, 0.1) is 0 Å². The van der Waals surface area contributed by atoms with E-state index in [1.54, 1.807) is 18.2 Å². The molecule has 2 heterocycles. The topological polar surface area (TPSA) is 84.1 Å². The number of hydrogen-bond acceptors (Lipinski definition) is 7. The van der Waals surface area contributed by atoms with Gasteiger partial charge in [-0.1, -0.05) is 30.4 Å². The third kappa shape index (κ3) is 3.05. The number of nitrogens with zero attached hydrogens (tertiary/aromatic N) is 2. The quantitative estimate of drug-likeness (QED) is 0.656. The van der Waals surface area contributed by atoms with Gasteiger partial charge >= 0.3 is 0 Å². The molecule has 5 nitrogen and oxygen atoms in total. The largest absolute Gasteiger partial charge is 0.508 e. The molecule has 1 aromatic carbocycles. The van der Waals surface area contributed by atoms with Crippen molar-refractivity contribution in [3.8, 4) is 26.9 Å². The summed E-state index contributed by atoms with van der Waals surface area (Å²) in [4.78, 5) is 9.83. The van der Waals surface area contributed by atoms with E-state index in [9.17, 15) is 5.11 Å². The van der Waals surface area contributed by atoms with Crippen LogP contribution in [0.5, 0.6) is 5.75 Å². The maximum Gasteiger partial charge on any atom is 0.185 e. The van der Waals surface area contributed by atoms with Crippen LogP contribution < -0.4 is 11.1 Å². The Morgan fingerprint density at radius 3 is 2.95 bits per heavy atom. The van der Waals surface area contributed by atoms with Crippen molar-refractivity contribution in [2.75, 3.05) is 17.6 Å². The maximum atomic E-state index is 9.57. The molecule has 114 valence electrons. The molecule has 0 spiro atoms. The fourth-order valence-electron chi connectivity index (χ4n) is 1.97. The summed E-state index contributed by atoms with van der Waals surface area (Å²) in [6.45, 7) is 2.98. The second-order valence-electron chi connectivity index (χ2n) is 4.75. The molecule has 0 radical (unpaired) electrons. The molecule has 3 aromatic rings. The molecule has 0 fully saturated rings. The minimum absolute atomic E-state index is 0.232. The van der Waals surface area contributed by atoms with Crippen LogP contribution in [0.3, 0.4) is 0 Å². The van der Waals surface area contributed by atoms with Gasteiger partial charge < -0.3 is 16.2 Å². The first-order valence-electron chi connectivity index (χ1n) is 6.93. The van der Waals surface area contributed by atoms with Gasteiger partial charge in [0.2, 0.25) is 0 Å². The van der Waals surface area contributed by atoms with Crippen LogP contribution in [0.15, 0.2) is 29.6 Å². The first-order chi connectivity index (χ1) is 10.7. The van der Waals surface area contributed by atoms with E-state index in [0.29, 0.717) is 5.82 Å². The first kappa shape index (κ1) is 14.8. The molecular formula is C15H16N4OS2. The number of rotatable bonds is 5. The summed E-state index contributed by atoms with van der Waals surface area (Å²) in [5, 5.41) is 16.4. The maximum absolute atomic E-state index is 9.57. The predicted molar refractivity (Wildman–Crippen MR) is 93.5 cm³/mol. The summed E-state index contributed by atoms with van der Waals surface area (Å²) >= 11 is 3.04. The molecule has 0 aliphatic carbocycles. The highest BCUT2D eigenvalue weighted by atomic mass is 32.1. The number of hydrogen-bond donors (Lipinski definition) is 3. The van der Waals surface area contributed by atoms with Gasteiger partial charge in [-0.15, -0.1) is 11.3 Å². The summed E-state index contributed by atoms with van der Waals surface area (Å²) < 4.78 is 0. The van der Waals surface area contributed by atoms with E-state index in [-0.39, 0.29) is 5.75 Å². The van der Waals surface area contributed by atoms with Crippen molar-refractivity contribution in [3.63, 3.8) is 0 Å². The van der Waals surface area contributed by atoms with Gasteiger partial charge in [-0.2, -0.15) is 0 Å². The van der Waals surface area contributed by atoms with Crippen molar-refractivity contribution in [2.45, 2.75) is 13.3 Å². The van der Waals surface area contributed by atoms with Gasteiger partial charge in [0.15, 0.2) is 5.13 Å². The molecule has 3 rings (SSSR count). The third-order valence-corrected chi connectivity index (χ3v) is 5.04. The lowest BCUT2D eigenvalue weighted by Crippen LogP contribution is -1.98. The van der Waals surface area contributed by atoms with Crippen LogP contribution in [0.25, 0.3) is 21.1 Å². The Balaban J connectivity index is 1.89. The van der Waals surface area contributed by atoms with Gasteiger partial charge in [-0.3, -0.25) is 0 Å². The number of nitrogen functional groups attached to an aromatic ring is 1. The lowest BCUT2D eigenvalue weighted by Gasteiger charge is -1.97. The summed E-state index contributed by atoms with van der Waals surface area (Å²) in [6.07, 6.45) is 1.04. The Labute approximate surface area is 136 Å². The van der Waals surface area contributed by atoms with Crippen LogP contribution in [-0.2, 0) is 0 Å². The van der Waals surface area contributed by atoms with Crippen molar-refractivity contribution >= 4 is 33.6 Å². The van der Waals surface area contributed by atoms with Gasteiger partial charge in [0.25, 0.3) is 0 Å². The van der Waals surface area contributed by atoms with Crippen LogP contribution >= 0.6 is 22.7 Å². The molecule has 0 aliphatic heterocycles. The molecule has 0 bridgehead atoms. The number of aromatic hydroxyl groups is 1. The molecule has 0 aliphatic rings. The van der Waals surface area contributed by atoms with Gasteiger partial charge in [-0.25, -0.2) is 9.97 Å². The summed E-state index contributed by atoms with van der Waals surface area (Å²) in [5.74, 6) is 0.732. The molecule has 22 heavy (non-hydrogen) atoms. The van der Waals surface area contributed by atoms with Crippen LogP contribution in [0.1, 0.15) is 13.3 Å². The van der Waals surface area contributed by atoms with E-state index in [1.165, 1.54) is 22.7 Å². The number of nitrogens with two attached hydrogens (primary N) is 1. The first-order valence-corrected chi connectivity index (χ1v) is 8.62. The molecule has 0 saturated heterocycles. The molecule has 7 heteroatoms. The van der Waals surface area contributed by atoms with Gasteiger partial charge in [0, 0.05) is 17.5 Å². The number of thiazole rings is 2. The van der Waals surface area contributed by atoms with E-state index in [4.69, 9.17) is 5.73 Å². The van der Waals surface area contributed by atoms with Gasteiger partial charge in [0.1, 0.15) is 21.5 Å². The molecular weight excluding hydrogens is 316 g/mol. The van der Waals surface area contributed by atoms with E-state index in [0.717, 1.165) is 39.2 Å². The number of benzene rings is 1. The molecule has 4 N–H and O–H groups in total. The lowest BCUT2D eigenvalue weighted by atomic mass is 10.2. The number of nitrogens with one attached hydrogen (secondary N) is 1. The molecule has 0 saturated carbocycles. The Hall–Kier alpha value is -2.12. The average molecular weight is 332 g/mol. The number of phenols is 1. The third-order valence-electron chi connectivity index (χ3n) is 3.02. The normalized spacial score (nSPS) is 10.8. The SMILES string of the molecule is CCCNc1nc(N)c(-c2nc(-c3cccc(O)c3)cs2)s1. The second kappa shape index (κ2) is 6.33. The zero-order chi connectivity index (χ0) is 15.5. The van der Waals surface area contributed by atoms with Gasteiger partial charge in [-0.05, 0) is 18.6 Å².